The third-order valence-electron chi connectivity index (χ3n) is 7.14. The number of carbonyl (C=O) groups is 2. The fraction of sp³-hybridized carbons (Fsp3) is 0.355. The smallest absolute Gasteiger partial charge is 0.244 e. The Labute approximate surface area is 237 Å². The molecular formula is C31H37N3O5S. The minimum absolute atomic E-state index is 0.116. The Bertz CT molecular complexity index is 1360. The zero-order valence-electron chi connectivity index (χ0n) is 23.0. The Morgan fingerprint density at radius 2 is 1.48 bits per heavy atom. The number of hydrogen-bond acceptors (Lipinski definition) is 5. The molecule has 3 aromatic carbocycles. The highest BCUT2D eigenvalue weighted by Crippen LogP contribution is 2.26. The van der Waals surface area contributed by atoms with Gasteiger partial charge in [-0.25, -0.2) is 8.42 Å². The molecule has 0 saturated heterocycles. The van der Waals surface area contributed by atoms with Crippen LogP contribution >= 0.6 is 0 Å². The van der Waals surface area contributed by atoms with Crippen LogP contribution in [0.5, 0.6) is 11.5 Å². The van der Waals surface area contributed by atoms with E-state index in [2.05, 4.69) is 5.32 Å². The molecule has 0 aromatic heterocycles. The number of ether oxygens (including phenoxy) is 1. The molecule has 2 amide bonds. The number of sulfonamides is 1. The van der Waals surface area contributed by atoms with E-state index in [-0.39, 0.29) is 18.5 Å². The highest BCUT2D eigenvalue weighted by Gasteiger charge is 2.31. The average molecular weight is 564 g/mol. The number of nitrogens with one attached hydrogen (secondary N) is 1. The van der Waals surface area contributed by atoms with Gasteiger partial charge >= 0.3 is 0 Å². The molecule has 1 N–H and O–H groups in total. The van der Waals surface area contributed by atoms with Gasteiger partial charge in [0.1, 0.15) is 24.1 Å². The van der Waals surface area contributed by atoms with Crippen molar-refractivity contribution in [3.8, 4) is 11.5 Å². The summed E-state index contributed by atoms with van der Waals surface area (Å²) in [5.41, 5.74) is 1.36. The van der Waals surface area contributed by atoms with Crippen LogP contribution in [0.25, 0.3) is 0 Å². The minimum atomic E-state index is -3.81. The second-order valence-electron chi connectivity index (χ2n) is 10.2. The highest BCUT2D eigenvalue weighted by molar-refractivity contribution is 7.92. The third-order valence-corrected chi connectivity index (χ3v) is 8.28. The topological polar surface area (TPSA) is 96.0 Å². The predicted molar refractivity (Wildman–Crippen MR) is 157 cm³/mol. The second-order valence-corrected chi connectivity index (χ2v) is 12.1. The fourth-order valence-electron chi connectivity index (χ4n) is 4.88. The summed E-state index contributed by atoms with van der Waals surface area (Å²) in [5, 5.41) is 3.07. The summed E-state index contributed by atoms with van der Waals surface area (Å²) in [6.07, 6.45) is 5.63. The maximum atomic E-state index is 13.7. The number of amides is 2. The van der Waals surface area contributed by atoms with Crippen LogP contribution in [0.4, 0.5) is 5.69 Å². The molecule has 40 heavy (non-hydrogen) atoms. The minimum Gasteiger partial charge on any atom is -0.457 e. The monoisotopic (exact) mass is 563 g/mol. The second kappa shape index (κ2) is 13.5. The summed E-state index contributed by atoms with van der Waals surface area (Å²) in [5.74, 6) is 0.530. The number of anilines is 1. The van der Waals surface area contributed by atoms with Gasteiger partial charge in [0.05, 0.1) is 11.9 Å². The van der Waals surface area contributed by atoms with E-state index in [1.54, 1.807) is 31.2 Å². The van der Waals surface area contributed by atoms with Gasteiger partial charge in [-0.3, -0.25) is 13.9 Å². The van der Waals surface area contributed by atoms with Crippen molar-refractivity contribution < 1.29 is 22.7 Å². The lowest BCUT2D eigenvalue weighted by atomic mass is 10.1. The van der Waals surface area contributed by atoms with Gasteiger partial charge in [-0.1, -0.05) is 61.4 Å². The molecule has 8 nitrogen and oxygen atoms in total. The highest BCUT2D eigenvalue weighted by atomic mass is 32.2. The van der Waals surface area contributed by atoms with Crippen molar-refractivity contribution in [3.63, 3.8) is 0 Å². The van der Waals surface area contributed by atoms with Crippen LogP contribution < -0.4 is 14.4 Å². The zero-order valence-corrected chi connectivity index (χ0v) is 23.8. The van der Waals surface area contributed by atoms with Crippen LogP contribution in [0.15, 0.2) is 84.9 Å². The summed E-state index contributed by atoms with van der Waals surface area (Å²) >= 11 is 0. The lowest BCUT2D eigenvalue weighted by Crippen LogP contribution is -2.53. The van der Waals surface area contributed by atoms with Crippen LogP contribution in [0.1, 0.15) is 38.2 Å². The number of rotatable bonds is 12. The maximum Gasteiger partial charge on any atom is 0.244 e. The first kappa shape index (κ1) is 29.1. The lowest BCUT2D eigenvalue weighted by molar-refractivity contribution is -0.139. The quantitative estimate of drug-likeness (QED) is 0.343. The molecule has 1 aliphatic carbocycles. The molecule has 212 valence electrons. The molecular weight excluding hydrogens is 526 g/mol. The van der Waals surface area contributed by atoms with Crippen molar-refractivity contribution in [3.05, 3.63) is 90.5 Å². The van der Waals surface area contributed by atoms with Gasteiger partial charge in [-0.2, -0.15) is 0 Å². The number of nitrogens with zero attached hydrogens (tertiary/aromatic N) is 2. The van der Waals surface area contributed by atoms with Crippen LogP contribution in [-0.2, 0) is 26.0 Å². The van der Waals surface area contributed by atoms with Gasteiger partial charge in [0.25, 0.3) is 0 Å². The normalized spacial score (nSPS) is 14.3. The Balaban J connectivity index is 1.51. The summed E-state index contributed by atoms with van der Waals surface area (Å²) < 4.78 is 32.5. The third kappa shape index (κ3) is 8.08. The van der Waals surface area contributed by atoms with Crippen molar-refractivity contribution in [2.45, 2.75) is 51.1 Å². The summed E-state index contributed by atoms with van der Waals surface area (Å²) in [4.78, 5) is 28.3. The van der Waals surface area contributed by atoms with E-state index >= 15 is 0 Å². The summed E-state index contributed by atoms with van der Waals surface area (Å²) in [6, 6.07) is 24.9. The standard InChI is InChI=1S/C31H37N3O5S/c1-24(31(36)32-26-13-9-10-14-26)33(22-21-25-11-5-3-6-12-25)30(35)23-34(40(2,37)38)27-17-19-29(20-18-27)39-28-15-7-4-8-16-28/h3-8,11-12,15-20,24,26H,9-10,13-14,21-23H2,1-2H3,(H,32,36). The van der Waals surface area contributed by atoms with E-state index in [0.29, 0.717) is 23.6 Å². The van der Waals surface area contributed by atoms with E-state index < -0.39 is 28.5 Å². The van der Waals surface area contributed by atoms with Gasteiger partial charge in [0.2, 0.25) is 21.8 Å². The van der Waals surface area contributed by atoms with E-state index in [1.807, 2.05) is 60.7 Å². The molecule has 0 spiro atoms. The fourth-order valence-corrected chi connectivity index (χ4v) is 5.73. The van der Waals surface area contributed by atoms with Crippen molar-refractivity contribution >= 4 is 27.5 Å². The van der Waals surface area contributed by atoms with Crippen molar-refractivity contribution in [2.24, 2.45) is 0 Å². The lowest BCUT2D eigenvalue weighted by Gasteiger charge is -2.32. The van der Waals surface area contributed by atoms with Gasteiger partial charge in [0, 0.05) is 12.6 Å². The summed E-state index contributed by atoms with van der Waals surface area (Å²) in [6.45, 7) is 1.56. The predicted octanol–water partition coefficient (Wildman–Crippen LogP) is 4.76. The maximum absolute atomic E-state index is 13.7. The van der Waals surface area contributed by atoms with E-state index in [4.69, 9.17) is 4.74 Å². The number of benzene rings is 3. The molecule has 1 aliphatic rings. The molecule has 0 bridgehead atoms. The van der Waals surface area contributed by atoms with Crippen LogP contribution in [0.3, 0.4) is 0 Å². The number of para-hydroxylation sites is 1. The SMILES string of the molecule is CC(C(=O)NC1CCCC1)N(CCc1ccccc1)C(=O)CN(c1ccc(Oc2ccccc2)cc1)S(C)(=O)=O. The molecule has 0 aliphatic heterocycles. The molecule has 1 fully saturated rings. The average Bonchev–Trinajstić information content (AvgIpc) is 3.46. The van der Waals surface area contributed by atoms with Crippen molar-refractivity contribution in [1.29, 1.82) is 0 Å². The number of hydrogen-bond donors (Lipinski definition) is 1. The van der Waals surface area contributed by atoms with E-state index in [9.17, 15) is 18.0 Å². The summed E-state index contributed by atoms with van der Waals surface area (Å²) in [7, 11) is -3.81. The van der Waals surface area contributed by atoms with Crippen molar-refractivity contribution in [1.82, 2.24) is 10.2 Å². The Morgan fingerprint density at radius 1 is 0.900 bits per heavy atom. The molecule has 3 aromatic rings. The van der Waals surface area contributed by atoms with E-state index in [0.717, 1.165) is 41.8 Å². The van der Waals surface area contributed by atoms with Crippen LogP contribution in [-0.4, -0.2) is 56.6 Å². The zero-order chi connectivity index (χ0) is 28.5. The van der Waals surface area contributed by atoms with Gasteiger partial charge in [-0.05, 0) is 68.1 Å². The van der Waals surface area contributed by atoms with E-state index in [1.165, 1.54) is 4.90 Å². The number of carbonyl (C=O) groups excluding carboxylic acids is 2. The molecule has 4 rings (SSSR count). The van der Waals surface area contributed by atoms with Crippen molar-refractivity contribution in [2.75, 3.05) is 23.7 Å². The van der Waals surface area contributed by atoms with Gasteiger partial charge in [0.15, 0.2) is 0 Å². The largest absolute Gasteiger partial charge is 0.457 e. The molecule has 0 radical (unpaired) electrons. The molecule has 1 atom stereocenters. The molecule has 1 unspecified atom stereocenters. The first-order chi connectivity index (χ1) is 19.2. The first-order valence-corrected chi connectivity index (χ1v) is 15.5. The Kier molecular flexibility index (Phi) is 9.82. The van der Waals surface area contributed by atoms with Gasteiger partial charge in [-0.15, -0.1) is 0 Å². The Morgan fingerprint density at radius 3 is 2.08 bits per heavy atom. The van der Waals surface area contributed by atoms with Gasteiger partial charge < -0.3 is 15.0 Å². The molecule has 0 heterocycles. The molecule has 9 heteroatoms. The van der Waals surface area contributed by atoms with Crippen LogP contribution in [0.2, 0.25) is 0 Å². The first-order valence-electron chi connectivity index (χ1n) is 13.6. The Hall–Kier alpha value is -3.85. The molecule has 1 saturated carbocycles. The van der Waals surface area contributed by atoms with Crippen LogP contribution in [0, 0.1) is 0 Å².